The van der Waals surface area contributed by atoms with Gasteiger partial charge < -0.3 is 14.8 Å². The van der Waals surface area contributed by atoms with E-state index in [1.165, 1.54) is 17.3 Å². The number of carbonyl (C=O) groups excluding carboxylic acids is 2. The van der Waals surface area contributed by atoms with Gasteiger partial charge in [0.1, 0.15) is 5.75 Å². The summed E-state index contributed by atoms with van der Waals surface area (Å²) in [6.07, 6.45) is -0.896. The summed E-state index contributed by atoms with van der Waals surface area (Å²) in [4.78, 5) is 25.4. The fourth-order valence-corrected chi connectivity index (χ4v) is 3.26. The molecule has 0 aliphatic carbocycles. The molecule has 6 heteroatoms. The van der Waals surface area contributed by atoms with Gasteiger partial charge in [0.05, 0.1) is 18.0 Å². The summed E-state index contributed by atoms with van der Waals surface area (Å²) in [7, 11) is 0. The fourth-order valence-electron chi connectivity index (χ4n) is 2.47. The molecule has 144 valence electrons. The minimum atomic E-state index is -0.896. The summed E-state index contributed by atoms with van der Waals surface area (Å²) in [6, 6.07) is 13.2. The van der Waals surface area contributed by atoms with Gasteiger partial charge in [0.15, 0.2) is 6.10 Å². The Morgan fingerprint density at radius 2 is 1.89 bits per heavy atom. The van der Waals surface area contributed by atoms with E-state index < -0.39 is 18.0 Å². The van der Waals surface area contributed by atoms with Gasteiger partial charge in [-0.1, -0.05) is 29.8 Å². The minimum Gasteiger partial charge on any atom is -0.492 e. The third-order valence-electron chi connectivity index (χ3n) is 3.80. The van der Waals surface area contributed by atoms with E-state index in [1.807, 2.05) is 39.0 Å². The van der Waals surface area contributed by atoms with E-state index in [0.717, 1.165) is 10.5 Å². The fraction of sp³-hybridized carbons (Fsp3) is 0.333. The minimum absolute atomic E-state index is 0.150. The Morgan fingerprint density at radius 3 is 2.59 bits per heavy atom. The maximum absolute atomic E-state index is 12.3. The van der Waals surface area contributed by atoms with Crippen LogP contribution in [0.1, 0.15) is 25.0 Å². The molecular formula is C21H25NO4S. The van der Waals surface area contributed by atoms with E-state index in [9.17, 15) is 9.59 Å². The quantitative estimate of drug-likeness (QED) is 0.538. The number of rotatable bonds is 8. The zero-order valence-electron chi connectivity index (χ0n) is 16.1. The Balaban J connectivity index is 1.87. The Bertz CT molecular complexity index is 807. The number of thioether (sulfide) groups is 1. The highest BCUT2D eigenvalue weighted by Crippen LogP contribution is 2.25. The van der Waals surface area contributed by atoms with Crippen molar-refractivity contribution in [2.75, 3.05) is 17.7 Å². The van der Waals surface area contributed by atoms with Crippen LogP contribution in [0.15, 0.2) is 47.4 Å². The van der Waals surface area contributed by atoms with Gasteiger partial charge in [-0.3, -0.25) is 9.59 Å². The first-order valence-corrected chi connectivity index (χ1v) is 9.81. The Hall–Kier alpha value is -2.47. The largest absolute Gasteiger partial charge is 0.492 e. The van der Waals surface area contributed by atoms with Crippen molar-refractivity contribution < 1.29 is 19.1 Å². The highest BCUT2D eigenvalue weighted by atomic mass is 32.2. The van der Waals surface area contributed by atoms with Gasteiger partial charge in [-0.2, -0.15) is 0 Å². The molecule has 1 N–H and O–H groups in total. The molecule has 0 aliphatic heterocycles. The number of anilines is 1. The summed E-state index contributed by atoms with van der Waals surface area (Å²) in [5, 5.41) is 2.74. The van der Waals surface area contributed by atoms with Crippen molar-refractivity contribution >= 4 is 29.3 Å². The number of nitrogens with one attached hydrogen (secondary N) is 1. The molecule has 0 aliphatic rings. The molecule has 0 saturated carbocycles. The first-order chi connectivity index (χ1) is 12.9. The Morgan fingerprint density at radius 1 is 1.15 bits per heavy atom. The molecule has 0 saturated heterocycles. The molecule has 2 rings (SSSR count). The van der Waals surface area contributed by atoms with Gasteiger partial charge >= 0.3 is 5.97 Å². The van der Waals surface area contributed by atoms with E-state index in [0.29, 0.717) is 18.0 Å². The SMILES string of the molecule is CCOc1ccccc1NC(=O)[C@H](C)OC(=O)CSc1ccc(C)cc1C. The molecule has 0 unspecified atom stereocenters. The van der Waals surface area contributed by atoms with Crippen LogP contribution >= 0.6 is 11.8 Å². The Kier molecular flexibility index (Phi) is 7.73. The summed E-state index contributed by atoms with van der Waals surface area (Å²) in [6.45, 7) is 7.95. The summed E-state index contributed by atoms with van der Waals surface area (Å²) < 4.78 is 10.7. The maximum atomic E-state index is 12.3. The van der Waals surface area contributed by atoms with Crippen LogP contribution in [-0.2, 0) is 14.3 Å². The van der Waals surface area contributed by atoms with Gasteiger partial charge in [-0.15, -0.1) is 11.8 Å². The van der Waals surface area contributed by atoms with Crippen LogP contribution in [0.2, 0.25) is 0 Å². The summed E-state index contributed by atoms with van der Waals surface area (Å²) in [5.41, 5.74) is 2.85. The third-order valence-corrected chi connectivity index (χ3v) is 4.95. The molecule has 1 amide bonds. The van der Waals surface area contributed by atoms with Crippen molar-refractivity contribution in [2.24, 2.45) is 0 Å². The molecule has 0 fully saturated rings. The predicted octanol–water partition coefficient (Wildman–Crippen LogP) is 4.36. The standard InChI is InChI=1S/C21H25NO4S/c1-5-25-18-9-7-6-8-17(18)22-21(24)16(4)26-20(23)13-27-19-11-10-14(2)12-15(19)3/h6-12,16H,5,13H2,1-4H3,(H,22,24)/t16-/m0/s1. The van der Waals surface area contributed by atoms with Gasteiger partial charge in [0.25, 0.3) is 5.91 Å². The van der Waals surface area contributed by atoms with E-state index in [-0.39, 0.29) is 5.75 Å². The number of esters is 1. The number of carbonyl (C=O) groups is 2. The van der Waals surface area contributed by atoms with Gasteiger partial charge in [0, 0.05) is 4.90 Å². The van der Waals surface area contributed by atoms with Crippen molar-refractivity contribution in [1.82, 2.24) is 0 Å². The number of hydrogen-bond donors (Lipinski definition) is 1. The maximum Gasteiger partial charge on any atom is 0.317 e. The summed E-state index contributed by atoms with van der Waals surface area (Å²) in [5.74, 6) is -0.0955. The number of para-hydroxylation sites is 2. The molecule has 0 heterocycles. The third kappa shape index (κ3) is 6.32. The van der Waals surface area contributed by atoms with E-state index >= 15 is 0 Å². The zero-order valence-corrected chi connectivity index (χ0v) is 16.9. The first kappa shape index (κ1) is 20.8. The molecule has 0 bridgehead atoms. The average molecular weight is 388 g/mol. The summed E-state index contributed by atoms with van der Waals surface area (Å²) >= 11 is 1.40. The van der Waals surface area contributed by atoms with Crippen molar-refractivity contribution in [3.63, 3.8) is 0 Å². The van der Waals surface area contributed by atoms with Gasteiger partial charge in [-0.05, 0) is 51.5 Å². The molecule has 5 nitrogen and oxygen atoms in total. The van der Waals surface area contributed by atoms with Crippen molar-refractivity contribution in [3.8, 4) is 5.75 Å². The smallest absolute Gasteiger partial charge is 0.317 e. The lowest BCUT2D eigenvalue weighted by molar-refractivity contribution is -0.150. The second-order valence-corrected chi connectivity index (χ2v) is 7.13. The number of amides is 1. The normalized spacial score (nSPS) is 11.6. The second kappa shape index (κ2) is 10.0. The Labute approximate surface area is 164 Å². The highest BCUT2D eigenvalue weighted by molar-refractivity contribution is 8.00. The van der Waals surface area contributed by atoms with Crippen LogP contribution in [-0.4, -0.2) is 30.3 Å². The van der Waals surface area contributed by atoms with E-state index in [4.69, 9.17) is 9.47 Å². The van der Waals surface area contributed by atoms with Crippen molar-refractivity contribution in [1.29, 1.82) is 0 Å². The molecule has 27 heavy (non-hydrogen) atoms. The van der Waals surface area contributed by atoms with Crippen LogP contribution in [0.25, 0.3) is 0 Å². The number of aryl methyl sites for hydroxylation is 2. The van der Waals surface area contributed by atoms with Gasteiger partial charge in [-0.25, -0.2) is 0 Å². The zero-order chi connectivity index (χ0) is 19.8. The van der Waals surface area contributed by atoms with Crippen LogP contribution in [0, 0.1) is 13.8 Å². The number of ether oxygens (including phenoxy) is 2. The van der Waals surface area contributed by atoms with Crippen LogP contribution in [0.5, 0.6) is 5.75 Å². The van der Waals surface area contributed by atoms with Crippen molar-refractivity contribution in [3.05, 3.63) is 53.6 Å². The topological polar surface area (TPSA) is 64.6 Å². The van der Waals surface area contributed by atoms with E-state index in [1.54, 1.807) is 25.1 Å². The number of hydrogen-bond acceptors (Lipinski definition) is 5. The monoisotopic (exact) mass is 387 g/mol. The average Bonchev–Trinajstić information content (AvgIpc) is 2.62. The number of benzene rings is 2. The molecule has 2 aromatic carbocycles. The molecule has 2 aromatic rings. The van der Waals surface area contributed by atoms with Crippen LogP contribution in [0.4, 0.5) is 5.69 Å². The van der Waals surface area contributed by atoms with Crippen molar-refractivity contribution in [2.45, 2.75) is 38.7 Å². The predicted molar refractivity (Wildman–Crippen MR) is 108 cm³/mol. The second-order valence-electron chi connectivity index (χ2n) is 6.11. The first-order valence-electron chi connectivity index (χ1n) is 8.83. The van der Waals surface area contributed by atoms with Crippen LogP contribution < -0.4 is 10.1 Å². The highest BCUT2D eigenvalue weighted by Gasteiger charge is 2.19. The van der Waals surface area contributed by atoms with E-state index in [2.05, 4.69) is 11.4 Å². The molecule has 0 aromatic heterocycles. The molecule has 0 radical (unpaired) electrons. The van der Waals surface area contributed by atoms with Gasteiger partial charge in [0.2, 0.25) is 0 Å². The molecule has 0 spiro atoms. The molecule has 1 atom stereocenters. The lowest BCUT2D eigenvalue weighted by Gasteiger charge is -2.15. The lowest BCUT2D eigenvalue weighted by atomic mass is 10.2. The molecular weight excluding hydrogens is 362 g/mol. The van der Waals surface area contributed by atoms with Crippen LogP contribution in [0.3, 0.4) is 0 Å². The lowest BCUT2D eigenvalue weighted by Crippen LogP contribution is -2.30.